The molecule has 0 saturated carbocycles. The average Bonchev–Trinajstić information content (AvgIpc) is 2.68. The van der Waals surface area contributed by atoms with Gasteiger partial charge in [-0.05, 0) is 35.3 Å². The lowest BCUT2D eigenvalue weighted by Crippen LogP contribution is -2.32. The zero-order chi connectivity index (χ0) is 17.5. The van der Waals surface area contributed by atoms with Gasteiger partial charge in [-0.1, -0.05) is 60.7 Å². The van der Waals surface area contributed by atoms with E-state index < -0.39 is 6.10 Å². The number of allylic oxidation sites excluding steroid dienone is 1. The van der Waals surface area contributed by atoms with Gasteiger partial charge in [-0.15, -0.1) is 0 Å². The van der Waals surface area contributed by atoms with Crippen molar-refractivity contribution in [2.75, 3.05) is 26.7 Å². The number of methoxy groups -OCH3 is 1. The topological polar surface area (TPSA) is 32.7 Å². The Kier molecular flexibility index (Phi) is 6.04. The largest absolute Gasteiger partial charge is 0.497 e. The summed E-state index contributed by atoms with van der Waals surface area (Å²) >= 11 is 0. The minimum Gasteiger partial charge on any atom is -0.497 e. The van der Waals surface area contributed by atoms with Crippen molar-refractivity contribution in [1.82, 2.24) is 4.90 Å². The first kappa shape index (κ1) is 17.5. The number of β-amino-alcohol motifs (C(OH)–C–C–N with tert-alkyl or cyclic N) is 1. The lowest BCUT2D eigenvalue weighted by atomic mass is 10.0. The number of rotatable bonds is 6. The van der Waals surface area contributed by atoms with Gasteiger partial charge in [-0.3, -0.25) is 4.90 Å². The quantitative estimate of drug-likeness (QED) is 0.863. The highest BCUT2D eigenvalue weighted by atomic mass is 16.5. The normalized spacial score (nSPS) is 16.6. The first-order valence-electron chi connectivity index (χ1n) is 8.71. The Morgan fingerprint density at radius 3 is 2.48 bits per heavy atom. The second-order valence-corrected chi connectivity index (χ2v) is 6.32. The summed E-state index contributed by atoms with van der Waals surface area (Å²) in [5.74, 6) is 0.877. The van der Waals surface area contributed by atoms with E-state index in [9.17, 15) is 5.11 Å². The second-order valence-electron chi connectivity index (χ2n) is 6.32. The molecule has 0 radical (unpaired) electrons. The molecule has 3 rings (SSSR count). The van der Waals surface area contributed by atoms with Gasteiger partial charge < -0.3 is 9.84 Å². The maximum absolute atomic E-state index is 10.3. The van der Waals surface area contributed by atoms with Crippen LogP contribution >= 0.6 is 0 Å². The zero-order valence-corrected chi connectivity index (χ0v) is 14.6. The van der Waals surface area contributed by atoms with Gasteiger partial charge >= 0.3 is 0 Å². The Morgan fingerprint density at radius 2 is 1.84 bits per heavy atom. The SMILES string of the molecule is COc1ccc(/C=C/C2=CCN(C[C@H](O)c3ccccc3)CC2)cc1. The Hall–Kier alpha value is -2.36. The second kappa shape index (κ2) is 8.65. The van der Waals surface area contributed by atoms with Gasteiger partial charge in [0.05, 0.1) is 13.2 Å². The molecule has 0 amide bonds. The highest BCUT2D eigenvalue weighted by molar-refractivity contribution is 5.54. The lowest BCUT2D eigenvalue weighted by molar-refractivity contribution is 0.118. The van der Waals surface area contributed by atoms with Gasteiger partial charge in [0.1, 0.15) is 5.75 Å². The summed E-state index contributed by atoms with van der Waals surface area (Å²) in [4.78, 5) is 2.29. The summed E-state index contributed by atoms with van der Waals surface area (Å²) in [6, 6.07) is 17.9. The third kappa shape index (κ3) is 5.05. The van der Waals surface area contributed by atoms with Crippen molar-refractivity contribution < 1.29 is 9.84 Å². The number of hydrogen-bond acceptors (Lipinski definition) is 3. The number of aliphatic hydroxyl groups excluding tert-OH is 1. The maximum Gasteiger partial charge on any atom is 0.118 e. The molecule has 130 valence electrons. The summed E-state index contributed by atoms with van der Waals surface area (Å²) in [6.45, 7) is 2.53. The van der Waals surface area contributed by atoms with Gasteiger partial charge in [0.15, 0.2) is 0 Å². The Balaban J connectivity index is 1.52. The van der Waals surface area contributed by atoms with Gasteiger partial charge in [-0.2, -0.15) is 0 Å². The van der Waals surface area contributed by atoms with E-state index in [1.54, 1.807) is 7.11 Å². The van der Waals surface area contributed by atoms with Crippen LogP contribution in [0.4, 0.5) is 0 Å². The molecule has 1 atom stereocenters. The molecule has 0 aromatic heterocycles. The van der Waals surface area contributed by atoms with E-state index in [2.05, 4.69) is 35.3 Å². The highest BCUT2D eigenvalue weighted by Crippen LogP contribution is 2.19. The molecule has 2 aromatic carbocycles. The van der Waals surface area contributed by atoms with Gasteiger partial charge in [0.25, 0.3) is 0 Å². The molecule has 3 heteroatoms. The molecular weight excluding hydrogens is 310 g/mol. The van der Waals surface area contributed by atoms with Crippen molar-refractivity contribution in [2.45, 2.75) is 12.5 Å². The number of aliphatic hydroxyl groups is 1. The molecule has 0 spiro atoms. The summed E-state index contributed by atoms with van der Waals surface area (Å²) in [5, 5.41) is 10.3. The number of benzene rings is 2. The fourth-order valence-electron chi connectivity index (χ4n) is 2.99. The molecule has 1 heterocycles. The fraction of sp³-hybridized carbons (Fsp3) is 0.273. The van der Waals surface area contributed by atoms with E-state index in [-0.39, 0.29) is 0 Å². The smallest absolute Gasteiger partial charge is 0.118 e. The van der Waals surface area contributed by atoms with E-state index in [4.69, 9.17) is 4.74 Å². The number of nitrogens with zero attached hydrogens (tertiary/aromatic N) is 1. The van der Waals surface area contributed by atoms with Crippen LogP contribution in [0.15, 0.2) is 72.3 Å². The predicted octanol–water partition coefficient (Wildman–Crippen LogP) is 4.07. The van der Waals surface area contributed by atoms with E-state index >= 15 is 0 Å². The molecule has 1 N–H and O–H groups in total. The molecule has 0 unspecified atom stereocenters. The average molecular weight is 335 g/mol. The van der Waals surface area contributed by atoms with E-state index in [0.29, 0.717) is 6.54 Å². The van der Waals surface area contributed by atoms with Gasteiger partial charge in [-0.25, -0.2) is 0 Å². The lowest BCUT2D eigenvalue weighted by Gasteiger charge is -2.27. The van der Waals surface area contributed by atoms with E-state index in [1.807, 2.05) is 42.5 Å². The first-order chi connectivity index (χ1) is 12.2. The van der Waals surface area contributed by atoms with Crippen LogP contribution in [0.1, 0.15) is 23.7 Å². The molecule has 25 heavy (non-hydrogen) atoms. The molecular formula is C22H25NO2. The Labute approximate surface area is 149 Å². The molecule has 0 bridgehead atoms. The fourth-order valence-corrected chi connectivity index (χ4v) is 2.99. The molecule has 0 fully saturated rings. The monoisotopic (exact) mass is 335 g/mol. The van der Waals surface area contributed by atoms with Crippen LogP contribution in [0.3, 0.4) is 0 Å². The van der Waals surface area contributed by atoms with Crippen molar-refractivity contribution in [3.05, 3.63) is 83.4 Å². The van der Waals surface area contributed by atoms with Crippen LogP contribution in [0.2, 0.25) is 0 Å². The summed E-state index contributed by atoms with van der Waals surface area (Å²) < 4.78 is 5.18. The van der Waals surface area contributed by atoms with Crippen LogP contribution in [0, 0.1) is 0 Å². The third-order valence-corrected chi connectivity index (χ3v) is 4.55. The summed E-state index contributed by atoms with van der Waals surface area (Å²) in [6.07, 6.45) is 7.16. The van der Waals surface area contributed by atoms with Crippen LogP contribution in [-0.2, 0) is 0 Å². The minimum absolute atomic E-state index is 0.425. The van der Waals surface area contributed by atoms with Crippen molar-refractivity contribution in [2.24, 2.45) is 0 Å². The van der Waals surface area contributed by atoms with Gasteiger partial charge in [0, 0.05) is 19.6 Å². The summed E-state index contributed by atoms with van der Waals surface area (Å²) in [7, 11) is 1.68. The molecule has 2 aromatic rings. The first-order valence-corrected chi connectivity index (χ1v) is 8.71. The van der Waals surface area contributed by atoms with E-state index in [0.717, 1.165) is 30.8 Å². The van der Waals surface area contributed by atoms with Crippen LogP contribution < -0.4 is 4.74 Å². The molecule has 1 aliphatic heterocycles. The van der Waals surface area contributed by atoms with Crippen molar-refractivity contribution >= 4 is 6.08 Å². The molecule has 1 aliphatic rings. The zero-order valence-electron chi connectivity index (χ0n) is 14.6. The molecule has 0 aliphatic carbocycles. The number of ether oxygens (including phenoxy) is 1. The van der Waals surface area contributed by atoms with E-state index in [1.165, 1.54) is 11.1 Å². The maximum atomic E-state index is 10.3. The number of hydrogen-bond donors (Lipinski definition) is 1. The van der Waals surface area contributed by atoms with Crippen molar-refractivity contribution in [3.63, 3.8) is 0 Å². The molecule has 0 saturated heterocycles. The Bertz CT molecular complexity index is 719. The standard InChI is InChI=1S/C22H25NO2/c1-25-21-11-9-18(10-12-21)7-8-19-13-15-23(16-14-19)17-22(24)20-5-3-2-4-6-20/h2-13,22,24H,14-17H2,1H3/b8-7+/t22-/m0/s1. The Morgan fingerprint density at radius 1 is 1.08 bits per heavy atom. The molecule has 3 nitrogen and oxygen atoms in total. The van der Waals surface area contributed by atoms with Crippen molar-refractivity contribution in [1.29, 1.82) is 0 Å². The predicted molar refractivity (Wildman–Crippen MR) is 103 cm³/mol. The summed E-state index contributed by atoms with van der Waals surface area (Å²) in [5.41, 5.74) is 3.50. The van der Waals surface area contributed by atoms with Crippen LogP contribution in [0.25, 0.3) is 6.08 Å². The minimum atomic E-state index is -0.425. The third-order valence-electron chi connectivity index (χ3n) is 4.55. The van der Waals surface area contributed by atoms with Crippen LogP contribution in [-0.4, -0.2) is 36.8 Å². The van der Waals surface area contributed by atoms with Gasteiger partial charge in [0.2, 0.25) is 0 Å². The van der Waals surface area contributed by atoms with Crippen LogP contribution in [0.5, 0.6) is 5.75 Å². The van der Waals surface area contributed by atoms with Crippen molar-refractivity contribution in [3.8, 4) is 5.75 Å². The highest BCUT2D eigenvalue weighted by Gasteiger charge is 2.15.